The van der Waals surface area contributed by atoms with Gasteiger partial charge >= 0.3 is 0 Å². The number of methoxy groups -OCH3 is 1. The van der Waals surface area contributed by atoms with Crippen molar-refractivity contribution in [1.29, 1.82) is 0 Å². The molecule has 1 heterocycles. The predicted octanol–water partition coefficient (Wildman–Crippen LogP) is 6.69. The van der Waals surface area contributed by atoms with Gasteiger partial charge in [-0.3, -0.25) is 14.7 Å². The Bertz CT molecular complexity index is 889. The second-order valence-corrected chi connectivity index (χ2v) is 10.2. The highest BCUT2D eigenvalue weighted by atomic mass is 35.5. The molecule has 1 aromatic rings. The van der Waals surface area contributed by atoms with E-state index in [9.17, 15) is 4.79 Å². The van der Waals surface area contributed by atoms with E-state index in [1.54, 1.807) is 13.2 Å². The number of ether oxygens (including phenoxy) is 2. The van der Waals surface area contributed by atoms with Crippen LogP contribution < -0.4 is 9.47 Å². The number of hydrogen-bond acceptors (Lipinski definition) is 5. The summed E-state index contributed by atoms with van der Waals surface area (Å²) in [5.74, 6) is 1.27. The van der Waals surface area contributed by atoms with Crippen molar-refractivity contribution in [2.45, 2.75) is 83.2 Å². The first-order valence-electron chi connectivity index (χ1n) is 11.9. The predicted molar refractivity (Wildman–Crippen MR) is 133 cm³/mol. The monoisotopic (exact) mass is 476 g/mol. The Kier molecular flexibility index (Phi) is 8.06. The average molecular weight is 477 g/mol. The maximum Gasteiger partial charge on any atom is 0.267 e. The van der Waals surface area contributed by atoms with Gasteiger partial charge in [-0.25, -0.2) is 0 Å². The number of amidine groups is 1. The number of benzene rings is 1. The number of hydrogen-bond donors (Lipinski definition) is 0. The number of rotatable bonds is 6. The quantitative estimate of drug-likeness (QED) is 0.429. The first-order valence-corrected chi connectivity index (χ1v) is 13.1. The van der Waals surface area contributed by atoms with Gasteiger partial charge in [0.15, 0.2) is 16.7 Å². The van der Waals surface area contributed by atoms with E-state index in [1.165, 1.54) is 50.3 Å². The largest absolute Gasteiger partial charge is 0.493 e. The van der Waals surface area contributed by atoms with Gasteiger partial charge in [0.05, 0.1) is 29.7 Å². The fourth-order valence-electron chi connectivity index (χ4n) is 4.83. The second-order valence-electron chi connectivity index (χ2n) is 8.74. The van der Waals surface area contributed by atoms with Crippen molar-refractivity contribution >= 4 is 40.5 Å². The molecule has 1 saturated heterocycles. The van der Waals surface area contributed by atoms with E-state index in [2.05, 4.69) is 0 Å². The lowest BCUT2D eigenvalue weighted by Gasteiger charge is -2.31. The molecule has 0 N–H and O–H groups in total. The molecule has 0 radical (unpaired) electrons. The molecule has 0 atom stereocenters. The van der Waals surface area contributed by atoms with Crippen molar-refractivity contribution in [3.8, 4) is 11.5 Å². The first-order chi connectivity index (χ1) is 15.6. The van der Waals surface area contributed by atoms with Crippen LogP contribution >= 0.6 is 23.4 Å². The molecule has 1 aliphatic heterocycles. The maximum absolute atomic E-state index is 13.6. The zero-order valence-corrected chi connectivity index (χ0v) is 20.6. The molecule has 0 bridgehead atoms. The molecular weight excluding hydrogens is 444 g/mol. The molecule has 2 aliphatic carbocycles. The molecule has 3 fully saturated rings. The van der Waals surface area contributed by atoms with Crippen molar-refractivity contribution in [2.24, 2.45) is 4.99 Å². The second kappa shape index (κ2) is 11.0. The zero-order valence-electron chi connectivity index (χ0n) is 19.1. The lowest BCUT2D eigenvalue weighted by atomic mass is 9.94. The van der Waals surface area contributed by atoms with Crippen LogP contribution in [0.15, 0.2) is 22.0 Å². The van der Waals surface area contributed by atoms with Gasteiger partial charge in [-0.05, 0) is 62.1 Å². The molecule has 0 unspecified atom stereocenters. The van der Waals surface area contributed by atoms with Gasteiger partial charge in [-0.15, -0.1) is 0 Å². The Hall–Kier alpha value is -1.66. The van der Waals surface area contributed by atoms with Crippen molar-refractivity contribution < 1.29 is 14.3 Å². The topological polar surface area (TPSA) is 51.1 Å². The number of nitrogens with zero attached hydrogens (tertiary/aromatic N) is 2. The van der Waals surface area contributed by atoms with E-state index in [-0.39, 0.29) is 11.9 Å². The molecule has 1 amide bonds. The summed E-state index contributed by atoms with van der Waals surface area (Å²) in [5.41, 5.74) is 0.759. The van der Waals surface area contributed by atoms with E-state index >= 15 is 0 Å². The van der Waals surface area contributed by atoms with Gasteiger partial charge in [0, 0.05) is 12.1 Å². The maximum atomic E-state index is 13.6. The summed E-state index contributed by atoms with van der Waals surface area (Å²) in [4.78, 5) is 21.3. The fraction of sp³-hybridized carbons (Fsp3) is 0.600. The molecule has 3 aliphatic rings. The molecular formula is C25H33ClN2O3S. The molecule has 1 aromatic carbocycles. The van der Waals surface area contributed by atoms with Crippen LogP contribution in [0.5, 0.6) is 11.5 Å². The number of aliphatic imine (C=N–C) groups is 1. The van der Waals surface area contributed by atoms with Crippen molar-refractivity contribution in [2.75, 3.05) is 13.7 Å². The van der Waals surface area contributed by atoms with Crippen molar-refractivity contribution in [3.63, 3.8) is 0 Å². The minimum Gasteiger partial charge on any atom is -0.493 e. The Morgan fingerprint density at radius 3 is 2.44 bits per heavy atom. The van der Waals surface area contributed by atoms with Crippen molar-refractivity contribution in [3.05, 3.63) is 27.6 Å². The summed E-state index contributed by atoms with van der Waals surface area (Å²) in [7, 11) is 1.60. The van der Waals surface area contributed by atoms with Gasteiger partial charge in [-0.1, -0.05) is 50.1 Å². The Morgan fingerprint density at radius 2 is 1.78 bits per heavy atom. The zero-order chi connectivity index (χ0) is 22.5. The first kappa shape index (κ1) is 23.5. The molecule has 4 rings (SSSR count). The Balaban J connectivity index is 1.67. The highest BCUT2D eigenvalue weighted by molar-refractivity contribution is 8.18. The van der Waals surface area contributed by atoms with Crippen LogP contribution in [0.2, 0.25) is 5.02 Å². The van der Waals surface area contributed by atoms with Crippen LogP contribution in [0.25, 0.3) is 6.08 Å². The van der Waals surface area contributed by atoms with Crippen LogP contribution in [0, 0.1) is 0 Å². The molecule has 0 aromatic heterocycles. The van der Waals surface area contributed by atoms with E-state index in [1.807, 2.05) is 24.0 Å². The van der Waals surface area contributed by atoms with Gasteiger partial charge < -0.3 is 9.47 Å². The van der Waals surface area contributed by atoms with E-state index < -0.39 is 0 Å². The average Bonchev–Trinajstić information content (AvgIpc) is 3.11. The third kappa shape index (κ3) is 5.28. The Morgan fingerprint density at radius 1 is 1.09 bits per heavy atom. The summed E-state index contributed by atoms with van der Waals surface area (Å²) < 4.78 is 11.1. The van der Waals surface area contributed by atoms with Gasteiger partial charge in [0.25, 0.3) is 5.91 Å². The highest BCUT2D eigenvalue weighted by Gasteiger charge is 2.39. The third-order valence-electron chi connectivity index (χ3n) is 6.51. The van der Waals surface area contributed by atoms with Gasteiger partial charge in [0.2, 0.25) is 0 Å². The summed E-state index contributed by atoms with van der Waals surface area (Å²) >= 11 is 8.04. The summed E-state index contributed by atoms with van der Waals surface area (Å²) in [6, 6.07) is 4.19. The highest BCUT2D eigenvalue weighted by Crippen LogP contribution is 2.40. The lowest BCUT2D eigenvalue weighted by molar-refractivity contribution is -0.124. The fourth-order valence-corrected chi connectivity index (χ4v) is 6.14. The van der Waals surface area contributed by atoms with E-state index in [0.29, 0.717) is 34.1 Å². The minimum absolute atomic E-state index is 0.0568. The van der Waals surface area contributed by atoms with E-state index in [0.717, 1.165) is 36.4 Å². The smallest absolute Gasteiger partial charge is 0.267 e. The minimum atomic E-state index is 0.0568. The van der Waals surface area contributed by atoms with Gasteiger partial charge in [0.1, 0.15) is 0 Å². The standard InChI is InChI=1S/C25H33ClN2O3S/c1-3-31-22-14-17(20(26)16-21(22)30-2)15-23-24(29)28(19-12-8-5-9-13-19)25(32-23)27-18-10-6-4-7-11-18/h14-16,18-19H,3-13H2,1-2H3. The molecule has 5 nitrogen and oxygen atoms in total. The number of carbonyl (C=O) groups is 1. The van der Waals surface area contributed by atoms with Crippen LogP contribution in [-0.2, 0) is 4.79 Å². The van der Waals surface area contributed by atoms with Crippen LogP contribution in [-0.4, -0.2) is 41.8 Å². The normalized spacial score (nSPS) is 23.3. The molecule has 174 valence electrons. The summed E-state index contributed by atoms with van der Waals surface area (Å²) in [5, 5.41) is 1.42. The number of thioether (sulfide) groups is 1. The number of carbonyl (C=O) groups excluding carboxylic acids is 1. The third-order valence-corrected chi connectivity index (χ3v) is 7.84. The SMILES string of the molecule is CCOc1cc(C=C2SC(=NC3CCCCC3)N(C3CCCCC3)C2=O)c(Cl)cc1OC. The lowest BCUT2D eigenvalue weighted by Crippen LogP contribution is -2.41. The van der Waals surface area contributed by atoms with Crippen LogP contribution in [0.1, 0.15) is 76.7 Å². The van der Waals surface area contributed by atoms with Crippen molar-refractivity contribution in [1.82, 2.24) is 4.90 Å². The number of amides is 1. The summed E-state index contributed by atoms with van der Waals surface area (Å²) in [6.07, 6.45) is 13.6. The van der Waals surface area contributed by atoms with Crippen LogP contribution in [0.3, 0.4) is 0 Å². The van der Waals surface area contributed by atoms with Gasteiger partial charge in [-0.2, -0.15) is 0 Å². The van der Waals surface area contributed by atoms with Crippen LogP contribution in [0.4, 0.5) is 0 Å². The number of halogens is 1. The Labute approximate surface area is 200 Å². The molecule has 32 heavy (non-hydrogen) atoms. The molecule has 0 spiro atoms. The summed E-state index contributed by atoms with van der Waals surface area (Å²) in [6.45, 7) is 2.45. The molecule has 7 heteroatoms. The molecule has 2 saturated carbocycles. The van der Waals surface area contributed by atoms with E-state index in [4.69, 9.17) is 26.1 Å².